The fraction of sp³-hybridized carbons (Fsp3) is 0.0588. The molecule has 0 aliphatic carbocycles. The molecular formula is C17H15N3O. The first kappa shape index (κ1) is 13.1. The molecule has 2 aromatic carbocycles. The summed E-state index contributed by atoms with van der Waals surface area (Å²) in [5, 5.41) is 2.76. The van der Waals surface area contributed by atoms with Gasteiger partial charge >= 0.3 is 0 Å². The highest BCUT2D eigenvalue weighted by atomic mass is 16.1. The molecule has 1 aromatic heterocycles. The van der Waals surface area contributed by atoms with Crippen LogP contribution < -0.4 is 5.32 Å². The minimum absolute atomic E-state index is 0.118. The number of hydrogen-bond acceptors (Lipinski definition) is 2. The van der Waals surface area contributed by atoms with Crippen LogP contribution in [0.25, 0.3) is 22.4 Å². The second-order valence-corrected chi connectivity index (χ2v) is 4.68. The Balaban J connectivity index is 1.95. The van der Waals surface area contributed by atoms with E-state index in [1.807, 2.05) is 42.5 Å². The maximum Gasteiger partial charge on any atom is 0.251 e. The Morgan fingerprint density at radius 2 is 2.05 bits per heavy atom. The van der Waals surface area contributed by atoms with Gasteiger partial charge in [0.05, 0.1) is 11.0 Å². The van der Waals surface area contributed by atoms with Crippen LogP contribution in [0.15, 0.2) is 61.2 Å². The lowest BCUT2D eigenvalue weighted by Crippen LogP contribution is -2.22. The van der Waals surface area contributed by atoms with Crippen molar-refractivity contribution in [3.8, 4) is 11.4 Å². The molecule has 0 unspecified atom stereocenters. The van der Waals surface area contributed by atoms with Crippen molar-refractivity contribution >= 4 is 16.9 Å². The molecule has 0 atom stereocenters. The van der Waals surface area contributed by atoms with Gasteiger partial charge in [-0.25, -0.2) is 4.98 Å². The van der Waals surface area contributed by atoms with E-state index in [0.717, 1.165) is 22.4 Å². The summed E-state index contributed by atoms with van der Waals surface area (Å²) in [4.78, 5) is 19.7. The zero-order valence-electron chi connectivity index (χ0n) is 11.5. The maximum atomic E-state index is 11.9. The van der Waals surface area contributed by atoms with E-state index in [1.165, 1.54) is 0 Å². The van der Waals surface area contributed by atoms with Gasteiger partial charge in [-0.1, -0.05) is 36.4 Å². The van der Waals surface area contributed by atoms with Gasteiger partial charge in [0.25, 0.3) is 5.91 Å². The number of fused-ring (bicyclic) bond motifs is 1. The van der Waals surface area contributed by atoms with Crippen molar-refractivity contribution < 1.29 is 4.79 Å². The van der Waals surface area contributed by atoms with E-state index in [-0.39, 0.29) is 5.91 Å². The number of nitrogens with zero attached hydrogens (tertiary/aromatic N) is 1. The first-order chi connectivity index (χ1) is 10.3. The van der Waals surface area contributed by atoms with Crippen molar-refractivity contribution in [1.82, 2.24) is 15.3 Å². The number of H-pyrrole nitrogens is 1. The third-order valence-corrected chi connectivity index (χ3v) is 3.20. The largest absolute Gasteiger partial charge is 0.349 e. The summed E-state index contributed by atoms with van der Waals surface area (Å²) in [6.45, 7) is 4.04. The fourth-order valence-corrected chi connectivity index (χ4v) is 2.15. The molecule has 1 heterocycles. The van der Waals surface area contributed by atoms with Gasteiger partial charge in [0.2, 0.25) is 0 Å². The van der Waals surface area contributed by atoms with Gasteiger partial charge in [0.1, 0.15) is 5.82 Å². The fourth-order valence-electron chi connectivity index (χ4n) is 2.15. The van der Waals surface area contributed by atoms with Gasteiger partial charge < -0.3 is 10.3 Å². The molecule has 104 valence electrons. The van der Waals surface area contributed by atoms with Crippen LogP contribution >= 0.6 is 0 Å². The van der Waals surface area contributed by atoms with Gasteiger partial charge in [-0.2, -0.15) is 0 Å². The van der Waals surface area contributed by atoms with E-state index in [9.17, 15) is 4.79 Å². The Kier molecular flexibility index (Phi) is 3.51. The van der Waals surface area contributed by atoms with Crippen molar-refractivity contribution in [1.29, 1.82) is 0 Å². The summed E-state index contributed by atoms with van der Waals surface area (Å²) < 4.78 is 0. The molecule has 0 fully saturated rings. The summed E-state index contributed by atoms with van der Waals surface area (Å²) in [6.07, 6.45) is 1.65. The number of imidazole rings is 1. The molecule has 3 rings (SSSR count). The molecule has 2 N–H and O–H groups in total. The second-order valence-electron chi connectivity index (χ2n) is 4.68. The van der Waals surface area contributed by atoms with Crippen LogP contribution in [0.2, 0.25) is 0 Å². The first-order valence-corrected chi connectivity index (χ1v) is 6.72. The molecule has 4 nitrogen and oxygen atoms in total. The summed E-state index contributed by atoms with van der Waals surface area (Å²) in [5.41, 5.74) is 3.31. The summed E-state index contributed by atoms with van der Waals surface area (Å²) in [6, 6.07) is 15.3. The Bertz CT molecular complexity index is 790. The van der Waals surface area contributed by atoms with Gasteiger partial charge in [-0.3, -0.25) is 4.79 Å². The van der Waals surface area contributed by atoms with Crippen molar-refractivity contribution in [2.75, 3.05) is 6.54 Å². The van der Waals surface area contributed by atoms with Crippen molar-refractivity contribution in [3.63, 3.8) is 0 Å². The average Bonchev–Trinajstić information content (AvgIpc) is 2.96. The molecule has 4 heteroatoms. The number of benzene rings is 2. The molecule has 0 aliphatic rings. The highest BCUT2D eigenvalue weighted by Gasteiger charge is 2.09. The highest BCUT2D eigenvalue weighted by molar-refractivity contribution is 5.97. The smallest absolute Gasteiger partial charge is 0.251 e. The third kappa shape index (κ3) is 2.69. The third-order valence-electron chi connectivity index (χ3n) is 3.20. The Morgan fingerprint density at radius 3 is 2.81 bits per heavy atom. The molecule has 21 heavy (non-hydrogen) atoms. The lowest BCUT2D eigenvalue weighted by molar-refractivity contribution is 0.0958. The van der Waals surface area contributed by atoms with Crippen LogP contribution in [0.1, 0.15) is 10.4 Å². The lowest BCUT2D eigenvalue weighted by atomic mass is 10.2. The number of carbonyl (C=O) groups excluding carboxylic acids is 1. The molecular weight excluding hydrogens is 262 g/mol. The van der Waals surface area contributed by atoms with Crippen molar-refractivity contribution in [3.05, 3.63) is 66.7 Å². The average molecular weight is 277 g/mol. The predicted octanol–water partition coefficient (Wildman–Crippen LogP) is 3.15. The zero-order chi connectivity index (χ0) is 14.7. The molecule has 0 saturated heterocycles. The summed E-state index contributed by atoms with van der Waals surface area (Å²) >= 11 is 0. The van der Waals surface area contributed by atoms with Crippen LogP contribution in [0.5, 0.6) is 0 Å². The van der Waals surface area contributed by atoms with Crippen LogP contribution in [0, 0.1) is 0 Å². The molecule has 1 amide bonds. The van der Waals surface area contributed by atoms with Crippen LogP contribution in [0.4, 0.5) is 0 Å². The Morgan fingerprint density at radius 1 is 1.24 bits per heavy atom. The number of aromatic nitrogens is 2. The van der Waals surface area contributed by atoms with Gasteiger partial charge in [0, 0.05) is 17.7 Å². The standard InChI is InChI=1S/C17H15N3O/c1-2-10-18-17(21)13-8-9-14-15(11-13)20-16(19-14)12-6-4-3-5-7-12/h2-9,11H,1,10H2,(H,18,21)(H,19,20). The van der Waals surface area contributed by atoms with E-state index in [4.69, 9.17) is 0 Å². The van der Waals surface area contributed by atoms with E-state index < -0.39 is 0 Å². The van der Waals surface area contributed by atoms with Crippen LogP contribution in [-0.2, 0) is 0 Å². The summed E-state index contributed by atoms with van der Waals surface area (Å²) in [7, 11) is 0. The Labute approximate surface area is 122 Å². The van der Waals surface area contributed by atoms with E-state index in [1.54, 1.807) is 12.1 Å². The quantitative estimate of drug-likeness (QED) is 0.720. The number of nitrogens with one attached hydrogen (secondary N) is 2. The molecule has 0 bridgehead atoms. The van der Waals surface area contributed by atoms with Crippen LogP contribution in [-0.4, -0.2) is 22.4 Å². The SMILES string of the molecule is C=CCNC(=O)c1ccc2nc(-c3ccccc3)[nH]c2c1. The summed E-state index contributed by atoms with van der Waals surface area (Å²) in [5.74, 6) is 0.682. The van der Waals surface area contributed by atoms with Gasteiger partial charge in [-0.05, 0) is 18.2 Å². The first-order valence-electron chi connectivity index (χ1n) is 6.72. The minimum Gasteiger partial charge on any atom is -0.349 e. The van der Waals surface area contributed by atoms with E-state index >= 15 is 0 Å². The predicted molar refractivity (Wildman–Crippen MR) is 84.1 cm³/mol. The monoisotopic (exact) mass is 277 g/mol. The highest BCUT2D eigenvalue weighted by Crippen LogP contribution is 2.21. The maximum absolute atomic E-state index is 11.9. The second kappa shape index (κ2) is 5.63. The molecule has 0 spiro atoms. The van der Waals surface area contributed by atoms with Crippen molar-refractivity contribution in [2.45, 2.75) is 0 Å². The molecule has 3 aromatic rings. The normalized spacial score (nSPS) is 10.5. The number of rotatable bonds is 4. The molecule has 0 saturated carbocycles. The number of hydrogen-bond donors (Lipinski definition) is 2. The lowest BCUT2D eigenvalue weighted by Gasteiger charge is -2.01. The number of aromatic amines is 1. The topological polar surface area (TPSA) is 57.8 Å². The number of carbonyl (C=O) groups is 1. The van der Waals surface area contributed by atoms with E-state index in [2.05, 4.69) is 21.9 Å². The minimum atomic E-state index is -0.118. The molecule has 0 radical (unpaired) electrons. The number of amides is 1. The van der Waals surface area contributed by atoms with Gasteiger partial charge in [0.15, 0.2) is 0 Å². The van der Waals surface area contributed by atoms with Crippen LogP contribution in [0.3, 0.4) is 0 Å². The van der Waals surface area contributed by atoms with E-state index in [0.29, 0.717) is 12.1 Å². The van der Waals surface area contributed by atoms with Gasteiger partial charge in [-0.15, -0.1) is 6.58 Å². The zero-order valence-corrected chi connectivity index (χ0v) is 11.5. The van der Waals surface area contributed by atoms with Crippen molar-refractivity contribution in [2.24, 2.45) is 0 Å². The Hall–Kier alpha value is -2.88. The molecule has 0 aliphatic heterocycles.